The third-order valence-corrected chi connectivity index (χ3v) is 4.64. The van der Waals surface area contributed by atoms with Crippen molar-refractivity contribution >= 4 is 21.9 Å². The van der Waals surface area contributed by atoms with Gasteiger partial charge in [0.2, 0.25) is 15.9 Å². The molecule has 138 valence electrons. The highest BCUT2D eigenvalue weighted by Gasteiger charge is 2.28. The second-order valence-corrected chi connectivity index (χ2v) is 7.07. The average molecular weight is 376 g/mol. The fraction of sp³-hybridized carbons (Fsp3) is 0.333. The number of esters is 1. The van der Waals surface area contributed by atoms with Gasteiger partial charge in [0.05, 0.1) is 12.9 Å². The molecule has 0 aliphatic heterocycles. The summed E-state index contributed by atoms with van der Waals surface area (Å²) in [6.45, 7) is 0. The van der Waals surface area contributed by atoms with E-state index in [1.807, 2.05) is 0 Å². The van der Waals surface area contributed by atoms with Crippen molar-refractivity contribution in [1.29, 1.82) is 0 Å². The summed E-state index contributed by atoms with van der Waals surface area (Å²) in [7, 11) is -2.69. The molecule has 1 aromatic carbocycles. The molecule has 0 radical (unpaired) electrons. The predicted molar refractivity (Wildman–Crippen MR) is 96.8 cm³/mol. The van der Waals surface area contributed by atoms with Gasteiger partial charge in [0, 0.05) is 12.8 Å². The number of carbonyl (C=O) groups excluding carboxylic acids is 2. The monoisotopic (exact) mass is 376 g/mol. The van der Waals surface area contributed by atoms with Crippen LogP contribution in [-0.4, -0.2) is 39.5 Å². The van der Waals surface area contributed by atoms with Gasteiger partial charge in [0.1, 0.15) is 12.1 Å². The molecule has 0 spiro atoms. The molecule has 0 bridgehead atoms. The van der Waals surface area contributed by atoms with Crippen molar-refractivity contribution < 1.29 is 22.7 Å². The van der Waals surface area contributed by atoms with E-state index in [9.17, 15) is 18.0 Å². The Bertz CT molecular complexity index is 806. The Morgan fingerprint density at radius 1 is 1.12 bits per heavy atom. The van der Waals surface area contributed by atoms with Gasteiger partial charge in [-0.05, 0) is 5.56 Å². The SMILES string of the molecule is C#CC[C@H](NC(=O)[C@@H](CC#C)NS(=O)(=O)Cc1ccccc1)C(=O)OC. The van der Waals surface area contributed by atoms with E-state index in [1.165, 1.54) is 0 Å². The fourth-order valence-corrected chi connectivity index (χ4v) is 3.42. The summed E-state index contributed by atoms with van der Waals surface area (Å²) < 4.78 is 31.4. The molecule has 1 rings (SSSR count). The molecule has 2 N–H and O–H groups in total. The van der Waals surface area contributed by atoms with Gasteiger partial charge in [-0.25, -0.2) is 17.9 Å². The van der Waals surface area contributed by atoms with E-state index in [0.717, 1.165) is 7.11 Å². The lowest BCUT2D eigenvalue weighted by molar-refractivity contribution is -0.145. The van der Waals surface area contributed by atoms with Crippen LogP contribution in [0.1, 0.15) is 18.4 Å². The highest BCUT2D eigenvalue weighted by atomic mass is 32.2. The Morgan fingerprint density at radius 2 is 1.69 bits per heavy atom. The molecule has 7 nitrogen and oxygen atoms in total. The standard InChI is InChI=1S/C18H20N2O5S/c1-4-9-15(17(21)19-16(10-5-2)18(22)25-3)20-26(23,24)13-14-11-7-6-8-12-14/h1-2,6-8,11-12,15-16,20H,9-10,13H2,3H3,(H,19,21)/t15-,16+/m1/s1. The van der Waals surface area contributed by atoms with Crippen LogP contribution in [0.4, 0.5) is 0 Å². The molecule has 2 atom stereocenters. The van der Waals surface area contributed by atoms with E-state index in [1.54, 1.807) is 30.3 Å². The third kappa shape index (κ3) is 6.98. The van der Waals surface area contributed by atoms with E-state index in [0.29, 0.717) is 5.56 Å². The maximum absolute atomic E-state index is 12.4. The summed E-state index contributed by atoms with van der Waals surface area (Å²) in [6.07, 6.45) is 10.1. The number of ether oxygens (including phenoxy) is 1. The summed E-state index contributed by atoms with van der Waals surface area (Å²) in [5.41, 5.74) is 0.555. The molecule has 0 aromatic heterocycles. The van der Waals surface area contributed by atoms with Crippen LogP contribution in [0.3, 0.4) is 0 Å². The van der Waals surface area contributed by atoms with Gasteiger partial charge in [-0.3, -0.25) is 4.79 Å². The summed E-state index contributed by atoms with van der Waals surface area (Å²) in [5.74, 6) is 2.68. The largest absolute Gasteiger partial charge is 0.467 e. The van der Waals surface area contributed by atoms with E-state index in [2.05, 4.69) is 26.6 Å². The Kier molecular flexibility index (Phi) is 8.36. The molecule has 0 saturated heterocycles. The lowest BCUT2D eigenvalue weighted by Crippen LogP contribution is -2.51. The molecular weight excluding hydrogens is 356 g/mol. The second-order valence-electron chi connectivity index (χ2n) is 5.32. The molecule has 26 heavy (non-hydrogen) atoms. The van der Waals surface area contributed by atoms with Crippen LogP contribution >= 0.6 is 0 Å². The molecule has 0 aliphatic rings. The normalized spacial score (nSPS) is 12.9. The van der Waals surface area contributed by atoms with Crippen molar-refractivity contribution in [2.24, 2.45) is 0 Å². The number of sulfonamides is 1. The fourth-order valence-electron chi connectivity index (χ4n) is 2.08. The number of amides is 1. The van der Waals surface area contributed by atoms with E-state index in [-0.39, 0.29) is 18.6 Å². The Hall–Kier alpha value is -2.81. The lowest BCUT2D eigenvalue weighted by atomic mass is 10.1. The van der Waals surface area contributed by atoms with Gasteiger partial charge in [-0.1, -0.05) is 30.3 Å². The van der Waals surface area contributed by atoms with Crippen LogP contribution < -0.4 is 10.0 Å². The molecule has 8 heteroatoms. The molecule has 0 fully saturated rings. The Morgan fingerprint density at radius 3 is 2.23 bits per heavy atom. The van der Waals surface area contributed by atoms with Gasteiger partial charge in [-0.2, -0.15) is 0 Å². The maximum Gasteiger partial charge on any atom is 0.329 e. The summed E-state index contributed by atoms with van der Waals surface area (Å²) in [6, 6.07) is 6.14. The Labute approximate surface area is 153 Å². The first-order valence-electron chi connectivity index (χ1n) is 7.62. The van der Waals surface area contributed by atoms with Crippen molar-refractivity contribution in [2.45, 2.75) is 30.7 Å². The van der Waals surface area contributed by atoms with Crippen LogP contribution in [0.25, 0.3) is 0 Å². The van der Waals surface area contributed by atoms with E-state index in [4.69, 9.17) is 12.8 Å². The topological polar surface area (TPSA) is 102 Å². The van der Waals surface area contributed by atoms with Crippen molar-refractivity contribution in [3.8, 4) is 24.7 Å². The first-order valence-corrected chi connectivity index (χ1v) is 9.27. The number of rotatable bonds is 9. The van der Waals surface area contributed by atoms with Crippen LogP contribution in [-0.2, 0) is 30.1 Å². The minimum atomic E-state index is -3.84. The highest BCUT2D eigenvalue weighted by Crippen LogP contribution is 2.06. The predicted octanol–water partition coefficient (Wildman–Crippen LogP) is 0.179. The van der Waals surface area contributed by atoms with Crippen LogP contribution in [0.15, 0.2) is 30.3 Å². The van der Waals surface area contributed by atoms with Gasteiger partial charge in [0.15, 0.2) is 0 Å². The molecular formula is C18H20N2O5S. The van der Waals surface area contributed by atoms with Gasteiger partial charge in [-0.15, -0.1) is 24.7 Å². The number of benzene rings is 1. The quantitative estimate of drug-likeness (QED) is 0.473. The number of carbonyl (C=O) groups is 2. The number of terminal acetylenes is 2. The van der Waals surface area contributed by atoms with Gasteiger partial charge in [0.25, 0.3) is 0 Å². The molecule has 0 aliphatic carbocycles. The van der Waals surface area contributed by atoms with Crippen molar-refractivity contribution in [1.82, 2.24) is 10.0 Å². The summed E-state index contributed by atoms with van der Waals surface area (Å²) in [5, 5.41) is 2.36. The van der Waals surface area contributed by atoms with E-state index >= 15 is 0 Å². The number of methoxy groups -OCH3 is 1. The van der Waals surface area contributed by atoms with Crippen molar-refractivity contribution in [2.75, 3.05) is 7.11 Å². The number of hydrogen-bond donors (Lipinski definition) is 2. The number of nitrogens with one attached hydrogen (secondary N) is 2. The zero-order valence-electron chi connectivity index (χ0n) is 14.3. The lowest BCUT2D eigenvalue weighted by Gasteiger charge is -2.20. The zero-order valence-corrected chi connectivity index (χ0v) is 15.1. The second kappa shape index (κ2) is 10.2. The maximum atomic E-state index is 12.4. The average Bonchev–Trinajstić information content (AvgIpc) is 2.60. The molecule has 0 heterocycles. The molecule has 0 unspecified atom stereocenters. The van der Waals surface area contributed by atoms with Crippen molar-refractivity contribution in [3.63, 3.8) is 0 Å². The first-order chi connectivity index (χ1) is 12.3. The summed E-state index contributed by atoms with van der Waals surface area (Å²) >= 11 is 0. The minimum absolute atomic E-state index is 0.0993. The van der Waals surface area contributed by atoms with Gasteiger partial charge >= 0.3 is 5.97 Å². The minimum Gasteiger partial charge on any atom is -0.467 e. The van der Waals surface area contributed by atoms with E-state index < -0.39 is 34.0 Å². The molecule has 0 saturated carbocycles. The first kappa shape index (κ1) is 21.2. The Balaban J connectivity index is 2.86. The molecule has 1 amide bonds. The summed E-state index contributed by atoms with van der Waals surface area (Å²) in [4.78, 5) is 24.0. The zero-order chi connectivity index (χ0) is 19.6. The van der Waals surface area contributed by atoms with Crippen molar-refractivity contribution in [3.05, 3.63) is 35.9 Å². The van der Waals surface area contributed by atoms with Crippen LogP contribution in [0, 0.1) is 24.7 Å². The highest BCUT2D eigenvalue weighted by molar-refractivity contribution is 7.88. The third-order valence-electron chi connectivity index (χ3n) is 3.28. The smallest absolute Gasteiger partial charge is 0.329 e. The number of hydrogen-bond acceptors (Lipinski definition) is 5. The molecule has 1 aromatic rings. The van der Waals surface area contributed by atoms with Crippen LogP contribution in [0.2, 0.25) is 0 Å². The van der Waals surface area contributed by atoms with Gasteiger partial charge < -0.3 is 10.1 Å². The van der Waals surface area contributed by atoms with Crippen LogP contribution in [0.5, 0.6) is 0 Å².